The first-order valence-corrected chi connectivity index (χ1v) is 9.26. The van der Waals surface area contributed by atoms with Crippen molar-refractivity contribution in [3.8, 4) is 0 Å². The molecule has 1 aliphatic rings. The number of thioether (sulfide) groups is 1. The number of primary amides is 1. The molecule has 0 saturated carbocycles. The fourth-order valence-electron chi connectivity index (χ4n) is 3.17. The van der Waals surface area contributed by atoms with E-state index in [1.54, 1.807) is 36.1 Å². The fraction of sp³-hybridized carbons (Fsp3) is 0.471. The van der Waals surface area contributed by atoms with Gasteiger partial charge in [-0.05, 0) is 31.9 Å². The smallest absolute Gasteiger partial charge is 0.321 e. The molecule has 0 spiro atoms. The zero-order valence-electron chi connectivity index (χ0n) is 14.3. The number of aromatic nitrogens is 2. The molecule has 140 valence electrons. The lowest BCUT2D eigenvalue weighted by molar-refractivity contribution is -0.134. The van der Waals surface area contributed by atoms with Crippen LogP contribution in [0.3, 0.4) is 0 Å². The van der Waals surface area contributed by atoms with Crippen molar-refractivity contribution >= 4 is 34.6 Å². The van der Waals surface area contributed by atoms with Crippen LogP contribution in [0.1, 0.15) is 26.3 Å². The summed E-state index contributed by atoms with van der Waals surface area (Å²) >= 11 is 1.00. The van der Waals surface area contributed by atoms with Crippen LogP contribution in [0.2, 0.25) is 0 Å². The first-order chi connectivity index (χ1) is 12.4. The highest BCUT2D eigenvalue weighted by Crippen LogP contribution is 2.32. The summed E-state index contributed by atoms with van der Waals surface area (Å²) in [6.07, 6.45) is 1.37. The Labute approximate surface area is 153 Å². The highest BCUT2D eigenvalue weighted by atomic mass is 32.2. The third-order valence-corrected chi connectivity index (χ3v) is 5.58. The zero-order valence-corrected chi connectivity index (χ0v) is 15.1. The molecule has 26 heavy (non-hydrogen) atoms. The van der Waals surface area contributed by atoms with Crippen LogP contribution in [0.4, 0.5) is 8.78 Å². The van der Waals surface area contributed by atoms with Gasteiger partial charge in [0.25, 0.3) is 0 Å². The van der Waals surface area contributed by atoms with Crippen LogP contribution < -0.4 is 5.73 Å². The van der Waals surface area contributed by atoms with Gasteiger partial charge in [0, 0.05) is 13.1 Å². The minimum absolute atomic E-state index is 0.102. The minimum atomic E-state index is -2.75. The van der Waals surface area contributed by atoms with Gasteiger partial charge in [0.15, 0.2) is 5.16 Å². The number of hydrogen-bond acceptors (Lipinski definition) is 4. The van der Waals surface area contributed by atoms with Gasteiger partial charge < -0.3 is 10.6 Å². The molecule has 1 saturated heterocycles. The Hall–Kier alpha value is -2.16. The average Bonchev–Trinajstić information content (AvgIpc) is 2.99. The number of amides is 2. The number of carbonyl (C=O) groups excluding carboxylic acids is 2. The van der Waals surface area contributed by atoms with Crippen LogP contribution in [0.15, 0.2) is 29.4 Å². The number of benzene rings is 1. The van der Waals surface area contributed by atoms with Crippen molar-refractivity contribution in [2.75, 3.05) is 13.1 Å². The lowest BCUT2D eigenvalue weighted by atomic mass is 9.97. The topological polar surface area (TPSA) is 81.2 Å². The van der Waals surface area contributed by atoms with E-state index >= 15 is 0 Å². The van der Waals surface area contributed by atoms with Gasteiger partial charge in [-0.1, -0.05) is 23.9 Å². The number of carbonyl (C=O) groups is 2. The predicted molar refractivity (Wildman–Crippen MR) is 94.8 cm³/mol. The molecule has 3 rings (SSSR count). The number of alkyl halides is 2. The summed E-state index contributed by atoms with van der Waals surface area (Å²) in [5, 5.41) is -0.499. The molecule has 9 heteroatoms. The number of nitrogens with two attached hydrogens (primary N) is 1. The number of nitrogens with zero attached hydrogens (tertiary/aromatic N) is 3. The maximum atomic E-state index is 13.5. The normalized spacial score (nSPS) is 19.1. The van der Waals surface area contributed by atoms with Gasteiger partial charge in [-0.25, -0.2) is 4.98 Å². The van der Waals surface area contributed by atoms with E-state index in [-0.39, 0.29) is 23.5 Å². The Kier molecular flexibility index (Phi) is 5.45. The van der Waals surface area contributed by atoms with E-state index in [0.29, 0.717) is 30.4 Å². The molecular formula is C17H20F2N4O2S. The van der Waals surface area contributed by atoms with Gasteiger partial charge in [-0.2, -0.15) is 8.78 Å². The number of likely N-dealkylation sites (tertiary alicyclic amines) is 1. The SMILES string of the molecule is CC(Sc1nc2ccccc2n1C(F)F)C(=O)N1CCCC(C(N)=O)C1. The molecule has 2 heterocycles. The van der Waals surface area contributed by atoms with Gasteiger partial charge in [0.1, 0.15) is 0 Å². The molecule has 2 atom stereocenters. The highest BCUT2D eigenvalue weighted by Gasteiger charge is 2.31. The second-order valence-corrected chi connectivity index (χ2v) is 7.62. The molecular weight excluding hydrogens is 362 g/mol. The van der Waals surface area contributed by atoms with Crippen LogP contribution in [-0.4, -0.2) is 44.6 Å². The highest BCUT2D eigenvalue weighted by molar-refractivity contribution is 8.00. The number of imidazole rings is 1. The van der Waals surface area contributed by atoms with Crippen molar-refractivity contribution in [1.82, 2.24) is 14.5 Å². The maximum Gasteiger partial charge on any atom is 0.321 e. The molecule has 2 N–H and O–H groups in total. The van der Waals surface area contributed by atoms with E-state index in [9.17, 15) is 18.4 Å². The third-order valence-electron chi connectivity index (χ3n) is 4.52. The van der Waals surface area contributed by atoms with E-state index in [1.165, 1.54) is 0 Å². The molecule has 1 aliphatic heterocycles. The molecule has 2 amide bonds. The first kappa shape index (κ1) is 18.6. The molecule has 2 unspecified atom stereocenters. The van der Waals surface area contributed by atoms with Gasteiger partial charge in [0.2, 0.25) is 11.8 Å². The van der Waals surface area contributed by atoms with Crippen molar-refractivity contribution in [3.05, 3.63) is 24.3 Å². The van der Waals surface area contributed by atoms with E-state index in [4.69, 9.17) is 5.73 Å². The van der Waals surface area contributed by atoms with Crippen molar-refractivity contribution in [2.24, 2.45) is 11.7 Å². The summed E-state index contributed by atoms with van der Waals surface area (Å²) in [7, 11) is 0. The number of rotatable bonds is 5. The van der Waals surface area contributed by atoms with Crippen LogP contribution in [-0.2, 0) is 9.59 Å². The number of para-hydroxylation sites is 2. The van der Waals surface area contributed by atoms with Crippen molar-refractivity contribution in [3.63, 3.8) is 0 Å². The van der Waals surface area contributed by atoms with Crippen LogP contribution in [0, 0.1) is 5.92 Å². The number of fused-ring (bicyclic) bond motifs is 1. The first-order valence-electron chi connectivity index (χ1n) is 8.38. The van der Waals surface area contributed by atoms with Crippen molar-refractivity contribution < 1.29 is 18.4 Å². The number of piperidine rings is 1. The second-order valence-electron chi connectivity index (χ2n) is 6.32. The van der Waals surface area contributed by atoms with Gasteiger partial charge in [0.05, 0.1) is 22.2 Å². The largest absolute Gasteiger partial charge is 0.369 e. The Morgan fingerprint density at radius 3 is 2.77 bits per heavy atom. The van der Waals surface area contributed by atoms with Crippen LogP contribution in [0.5, 0.6) is 0 Å². The fourth-order valence-corrected chi connectivity index (χ4v) is 4.18. The predicted octanol–water partition coefficient (Wildman–Crippen LogP) is 2.64. The summed E-state index contributed by atoms with van der Waals surface area (Å²) in [5.41, 5.74) is 6.14. The molecule has 2 aromatic rings. The lowest BCUT2D eigenvalue weighted by Gasteiger charge is -2.32. The van der Waals surface area contributed by atoms with Crippen LogP contribution >= 0.6 is 11.8 Å². The van der Waals surface area contributed by atoms with Gasteiger partial charge in [-0.3, -0.25) is 14.2 Å². The Balaban J connectivity index is 1.78. The summed E-state index contributed by atoms with van der Waals surface area (Å²) in [6, 6.07) is 6.63. The zero-order chi connectivity index (χ0) is 18.8. The summed E-state index contributed by atoms with van der Waals surface area (Å²) in [6.45, 7) is -0.263. The van der Waals surface area contributed by atoms with Crippen molar-refractivity contribution in [1.29, 1.82) is 0 Å². The average molecular weight is 382 g/mol. The molecule has 0 radical (unpaired) electrons. The lowest BCUT2D eigenvalue weighted by Crippen LogP contribution is -2.46. The minimum Gasteiger partial charge on any atom is -0.369 e. The third kappa shape index (κ3) is 3.67. The monoisotopic (exact) mass is 382 g/mol. The maximum absolute atomic E-state index is 13.5. The molecule has 0 aliphatic carbocycles. The second kappa shape index (κ2) is 7.61. The van der Waals surface area contributed by atoms with E-state index in [2.05, 4.69) is 4.98 Å². The van der Waals surface area contributed by atoms with Gasteiger partial charge >= 0.3 is 6.55 Å². The molecule has 6 nitrogen and oxygen atoms in total. The Morgan fingerprint density at radius 1 is 1.35 bits per heavy atom. The van der Waals surface area contributed by atoms with Crippen molar-refractivity contribution in [2.45, 2.75) is 36.7 Å². The number of hydrogen-bond donors (Lipinski definition) is 1. The molecule has 1 aromatic heterocycles. The van der Waals surface area contributed by atoms with E-state index < -0.39 is 17.7 Å². The summed E-state index contributed by atoms with van der Waals surface area (Å²) in [5.74, 6) is -0.966. The van der Waals surface area contributed by atoms with Crippen LogP contribution in [0.25, 0.3) is 11.0 Å². The summed E-state index contributed by atoms with van der Waals surface area (Å²) < 4.78 is 27.8. The van der Waals surface area contributed by atoms with E-state index in [0.717, 1.165) is 16.3 Å². The Bertz CT molecular complexity index is 826. The molecule has 1 aromatic carbocycles. The standard InChI is InChI=1S/C17H20F2N4O2S/c1-10(15(25)22-8-4-5-11(9-22)14(20)24)26-17-21-12-6-2-3-7-13(12)23(17)16(18)19/h2-3,6-7,10-11,16H,4-5,8-9H2,1H3,(H2,20,24). The molecule has 0 bridgehead atoms. The van der Waals surface area contributed by atoms with E-state index in [1.807, 2.05) is 0 Å². The quantitative estimate of drug-likeness (QED) is 0.806. The van der Waals surface area contributed by atoms with Gasteiger partial charge in [-0.15, -0.1) is 0 Å². The summed E-state index contributed by atoms with van der Waals surface area (Å²) in [4.78, 5) is 29.9. The Morgan fingerprint density at radius 2 is 2.08 bits per heavy atom. The number of halogens is 2. The molecule has 1 fully saturated rings.